The van der Waals surface area contributed by atoms with Crippen LogP contribution in [0.15, 0.2) is 18.2 Å². The lowest BCUT2D eigenvalue weighted by molar-refractivity contribution is 0.283. The second kappa shape index (κ2) is 7.53. The molecular formula is C17H27NO2. The van der Waals surface area contributed by atoms with Gasteiger partial charge >= 0.3 is 0 Å². The van der Waals surface area contributed by atoms with E-state index in [1.807, 2.05) is 0 Å². The zero-order valence-electron chi connectivity index (χ0n) is 12.9. The molecule has 0 saturated heterocycles. The highest BCUT2D eigenvalue weighted by Crippen LogP contribution is 2.40. The van der Waals surface area contributed by atoms with Gasteiger partial charge in [-0.15, -0.1) is 0 Å². The van der Waals surface area contributed by atoms with Gasteiger partial charge in [-0.05, 0) is 49.4 Å². The first-order valence-electron chi connectivity index (χ1n) is 7.82. The van der Waals surface area contributed by atoms with Crippen LogP contribution in [0, 0.1) is 0 Å². The van der Waals surface area contributed by atoms with Crippen LogP contribution in [-0.4, -0.2) is 26.3 Å². The number of methoxy groups -OCH3 is 1. The van der Waals surface area contributed by atoms with Gasteiger partial charge in [-0.1, -0.05) is 26.3 Å². The van der Waals surface area contributed by atoms with Gasteiger partial charge in [0, 0.05) is 6.04 Å². The maximum absolute atomic E-state index is 5.78. The Bertz CT molecular complexity index is 413. The van der Waals surface area contributed by atoms with Crippen LogP contribution < -0.4 is 14.8 Å². The van der Waals surface area contributed by atoms with Crippen LogP contribution >= 0.6 is 0 Å². The molecular weight excluding hydrogens is 250 g/mol. The summed E-state index contributed by atoms with van der Waals surface area (Å²) in [4.78, 5) is 0. The standard InChI is InChI=1S/C17H27NO2/c1-4-6-9-20-16-8-7-13(12-17(16)19-3)14-10-15(11-14)18-5-2/h7-8,12,14-15,18H,4-6,9-11H2,1-3H3. The molecule has 1 aromatic carbocycles. The van der Waals surface area contributed by atoms with Crippen LogP contribution in [-0.2, 0) is 0 Å². The Labute approximate surface area is 122 Å². The Kier molecular flexibility index (Phi) is 5.72. The lowest BCUT2D eigenvalue weighted by atomic mass is 9.76. The SMILES string of the molecule is CCCCOc1ccc(C2CC(NCC)C2)cc1OC. The van der Waals surface area contributed by atoms with Crippen molar-refractivity contribution in [2.24, 2.45) is 0 Å². The largest absolute Gasteiger partial charge is 0.493 e. The highest BCUT2D eigenvalue weighted by molar-refractivity contribution is 5.44. The summed E-state index contributed by atoms with van der Waals surface area (Å²) >= 11 is 0. The molecule has 0 amide bonds. The molecule has 0 spiro atoms. The zero-order valence-corrected chi connectivity index (χ0v) is 12.9. The Hall–Kier alpha value is -1.22. The average molecular weight is 277 g/mol. The summed E-state index contributed by atoms with van der Waals surface area (Å²) in [7, 11) is 1.72. The fourth-order valence-electron chi connectivity index (χ4n) is 2.73. The van der Waals surface area contributed by atoms with E-state index in [-0.39, 0.29) is 0 Å². The fraction of sp³-hybridized carbons (Fsp3) is 0.647. The third-order valence-electron chi connectivity index (χ3n) is 4.05. The van der Waals surface area contributed by atoms with E-state index in [2.05, 4.69) is 37.4 Å². The third kappa shape index (κ3) is 3.66. The van der Waals surface area contributed by atoms with Crippen LogP contribution in [0.25, 0.3) is 0 Å². The quantitative estimate of drug-likeness (QED) is 0.734. The Morgan fingerprint density at radius 2 is 2.00 bits per heavy atom. The molecule has 1 aromatic rings. The van der Waals surface area contributed by atoms with Gasteiger partial charge in [-0.2, -0.15) is 0 Å². The molecule has 0 aliphatic heterocycles. The molecule has 3 nitrogen and oxygen atoms in total. The Morgan fingerprint density at radius 1 is 1.20 bits per heavy atom. The number of unbranched alkanes of at least 4 members (excludes halogenated alkanes) is 1. The third-order valence-corrected chi connectivity index (χ3v) is 4.05. The molecule has 0 radical (unpaired) electrons. The van der Waals surface area contributed by atoms with E-state index in [1.165, 1.54) is 18.4 Å². The van der Waals surface area contributed by atoms with Gasteiger partial charge in [0.25, 0.3) is 0 Å². The van der Waals surface area contributed by atoms with E-state index in [9.17, 15) is 0 Å². The summed E-state index contributed by atoms with van der Waals surface area (Å²) in [5, 5.41) is 3.50. The summed E-state index contributed by atoms with van der Waals surface area (Å²) in [6.45, 7) is 6.16. The lowest BCUT2D eigenvalue weighted by Gasteiger charge is -2.36. The van der Waals surface area contributed by atoms with Crippen LogP contribution in [0.1, 0.15) is 51.0 Å². The summed E-state index contributed by atoms with van der Waals surface area (Å²) < 4.78 is 11.2. The second-order valence-electron chi connectivity index (χ2n) is 5.54. The van der Waals surface area contributed by atoms with Gasteiger partial charge in [0.15, 0.2) is 11.5 Å². The van der Waals surface area contributed by atoms with Crippen LogP contribution in [0.3, 0.4) is 0 Å². The molecule has 112 valence electrons. The molecule has 0 aromatic heterocycles. The van der Waals surface area contributed by atoms with E-state index >= 15 is 0 Å². The van der Waals surface area contributed by atoms with Gasteiger partial charge < -0.3 is 14.8 Å². The molecule has 1 aliphatic rings. The van der Waals surface area contributed by atoms with Gasteiger partial charge in [0.1, 0.15) is 0 Å². The van der Waals surface area contributed by atoms with E-state index in [0.717, 1.165) is 37.5 Å². The molecule has 1 aliphatic carbocycles. The smallest absolute Gasteiger partial charge is 0.161 e. The molecule has 1 saturated carbocycles. The summed E-state index contributed by atoms with van der Waals surface area (Å²) in [6.07, 6.45) is 4.69. The van der Waals surface area contributed by atoms with Gasteiger partial charge in [-0.25, -0.2) is 0 Å². The summed E-state index contributed by atoms with van der Waals surface area (Å²) in [5.41, 5.74) is 1.37. The number of nitrogens with one attached hydrogen (secondary N) is 1. The number of ether oxygens (including phenoxy) is 2. The van der Waals surface area contributed by atoms with Gasteiger partial charge in [-0.3, -0.25) is 0 Å². The van der Waals surface area contributed by atoms with E-state index in [4.69, 9.17) is 9.47 Å². The lowest BCUT2D eigenvalue weighted by Crippen LogP contribution is -2.39. The Morgan fingerprint density at radius 3 is 2.65 bits per heavy atom. The van der Waals surface area contributed by atoms with Crippen molar-refractivity contribution in [2.75, 3.05) is 20.3 Å². The normalized spacial score (nSPS) is 21.4. The van der Waals surface area contributed by atoms with Crippen molar-refractivity contribution in [3.63, 3.8) is 0 Å². The minimum atomic E-state index is 0.664. The molecule has 2 rings (SSSR count). The number of hydrogen-bond acceptors (Lipinski definition) is 3. The molecule has 0 unspecified atom stereocenters. The van der Waals surface area contributed by atoms with Gasteiger partial charge in [0.2, 0.25) is 0 Å². The average Bonchev–Trinajstić information content (AvgIpc) is 2.43. The van der Waals surface area contributed by atoms with Crippen molar-refractivity contribution in [1.82, 2.24) is 5.32 Å². The van der Waals surface area contributed by atoms with Crippen molar-refractivity contribution in [3.8, 4) is 11.5 Å². The number of hydrogen-bond donors (Lipinski definition) is 1. The number of rotatable bonds is 8. The van der Waals surface area contributed by atoms with E-state index < -0.39 is 0 Å². The fourth-order valence-corrected chi connectivity index (χ4v) is 2.73. The highest BCUT2D eigenvalue weighted by atomic mass is 16.5. The minimum absolute atomic E-state index is 0.664. The molecule has 1 fully saturated rings. The predicted molar refractivity (Wildman–Crippen MR) is 82.8 cm³/mol. The second-order valence-corrected chi connectivity index (χ2v) is 5.54. The van der Waals surface area contributed by atoms with Crippen LogP contribution in [0.5, 0.6) is 11.5 Å². The maximum atomic E-state index is 5.78. The molecule has 3 heteroatoms. The topological polar surface area (TPSA) is 30.5 Å². The van der Waals surface area contributed by atoms with Crippen molar-refractivity contribution < 1.29 is 9.47 Å². The van der Waals surface area contributed by atoms with Gasteiger partial charge in [0.05, 0.1) is 13.7 Å². The van der Waals surface area contributed by atoms with Crippen LogP contribution in [0.2, 0.25) is 0 Å². The first-order chi connectivity index (χ1) is 9.78. The molecule has 0 heterocycles. The summed E-state index contributed by atoms with van der Waals surface area (Å²) in [6, 6.07) is 7.09. The Balaban J connectivity index is 1.95. The van der Waals surface area contributed by atoms with E-state index in [1.54, 1.807) is 7.11 Å². The first kappa shape index (κ1) is 15.2. The molecule has 0 atom stereocenters. The zero-order chi connectivity index (χ0) is 14.4. The molecule has 1 N–H and O–H groups in total. The monoisotopic (exact) mass is 277 g/mol. The summed E-state index contributed by atoms with van der Waals surface area (Å²) in [5.74, 6) is 2.40. The van der Waals surface area contributed by atoms with Crippen molar-refractivity contribution >= 4 is 0 Å². The van der Waals surface area contributed by atoms with Crippen LogP contribution in [0.4, 0.5) is 0 Å². The first-order valence-corrected chi connectivity index (χ1v) is 7.82. The molecule has 20 heavy (non-hydrogen) atoms. The molecule has 0 bridgehead atoms. The van der Waals surface area contributed by atoms with Crippen molar-refractivity contribution in [2.45, 2.75) is 51.5 Å². The van der Waals surface area contributed by atoms with E-state index in [0.29, 0.717) is 12.0 Å². The highest BCUT2D eigenvalue weighted by Gasteiger charge is 2.29. The minimum Gasteiger partial charge on any atom is -0.493 e. The predicted octanol–water partition coefficient (Wildman–Crippen LogP) is 3.73. The number of benzene rings is 1. The van der Waals surface area contributed by atoms with Crippen molar-refractivity contribution in [1.29, 1.82) is 0 Å². The van der Waals surface area contributed by atoms with Crippen molar-refractivity contribution in [3.05, 3.63) is 23.8 Å². The maximum Gasteiger partial charge on any atom is 0.161 e.